The van der Waals surface area contributed by atoms with E-state index in [0.29, 0.717) is 17.1 Å². The number of allylic oxidation sites excluding steroid dienone is 1. The van der Waals surface area contributed by atoms with E-state index >= 15 is 0 Å². The molecule has 0 radical (unpaired) electrons. The summed E-state index contributed by atoms with van der Waals surface area (Å²) in [6.07, 6.45) is 7.05. The van der Waals surface area contributed by atoms with Crippen molar-refractivity contribution in [2.24, 2.45) is 5.92 Å². The summed E-state index contributed by atoms with van der Waals surface area (Å²) >= 11 is 0. The maximum absolute atomic E-state index is 12.2. The molecule has 0 bridgehead atoms. The van der Waals surface area contributed by atoms with Crippen LogP contribution < -0.4 is 9.47 Å². The van der Waals surface area contributed by atoms with Crippen LogP contribution in [0.1, 0.15) is 43.2 Å². The zero-order chi connectivity index (χ0) is 19.1. The Morgan fingerprint density at radius 2 is 1.78 bits per heavy atom. The van der Waals surface area contributed by atoms with Crippen molar-refractivity contribution < 1.29 is 14.3 Å². The third-order valence-corrected chi connectivity index (χ3v) is 4.87. The Morgan fingerprint density at radius 3 is 2.44 bits per heavy atom. The van der Waals surface area contributed by atoms with Crippen LogP contribution in [0, 0.1) is 17.2 Å². The highest BCUT2D eigenvalue weighted by atomic mass is 16.5. The molecule has 4 heteroatoms. The molecule has 4 nitrogen and oxygen atoms in total. The van der Waals surface area contributed by atoms with E-state index in [1.54, 1.807) is 25.3 Å². The topological polar surface area (TPSA) is 59.3 Å². The highest BCUT2D eigenvalue weighted by Crippen LogP contribution is 2.28. The lowest BCUT2D eigenvalue weighted by molar-refractivity contribution is -0.139. The number of hydrogen-bond donors (Lipinski definition) is 0. The SMILES string of the molecule is COc1ccccc1/C(C#N)=C\c1ccc(OC(=O)C2CCCCC2)cc1. The van der Waals surface area contributed by atoms with E-state index in [0.717, 1.165) is 36.8 Å². The van der Waals surface area contributed by atoms with Crippen LogP contribution in [-0.2, 0) is 4.79 Å². The second-order valence-corrected chi connectivity index (χ2v) is 6.70. The van der Waals surface area contributed by atoms with Crippen molar-refractivity contribution in [2.45, 2.75) is 32.1 Å². The lowest BCUT2D eigenvalue weighted by Crippen LogP contribution is -2.22. The monoisotopic (exact) mass is 361 g/mol. The fraction of sp³-hybridized carbons (Fsp3) is 0.304. The van der Waals surface area contributed by atoms with Gasteiger partial charge in [0.2, 0.25) is 0 Å². The summed E-state index contributed by atoms with van der Waals surface area (Å²) in [5.74, 6) is 1.08. The molecular formula is C23H23NO3. The highest BCUT2D eigenvalue weighted by Gasteiger charge is 2.22. The summed E-state index contributed by atoms with van der Waals surface area (Å²) in [5.41, 5.74) is 2.12. The fourth-order valence-electron chi connectivity index (χ4n) is 3.37. The van der Waals surface area contributed by atoms with Gasteiger partial charge in [-0.2, -0.15) is 5.26 Å². The van der Waals surface area contributed by atoms with E-state index < -0.39 is 0 Å². The van der Waals surface area contributed by atoms with Gasteiger partial charge in [-0.1, -0.05) is 43.5 Å². The molecule has 1 fully saturated rings. The van der Waals surface area contributed by atoms with Crippen molar-refractivity contribution in [3.05, 3.63) is 59.7 Å². The van der Waals surface area contributed by atoms with Gasteiger partial charge in [-0.3, -0.25) is 4.79 Å². The molecule has 0 spiro atoms. The molecule has 0 aromatic heterocycles. The summed E-state index contributed by atoms with van der Waals surface area (Å²) in [5, 5.41) is 9.54. The van der Waals surface area contributed by atoms with E-state index in [4.69, 9.17) is 9.47 Å². The molecule has 0 aliphatic heterocycles. The number of methoxy groups -OCH3 is 1. The van der Waals surface area contributed by atoms with Gasteiger partial charge < -0.3 is 9.47 Å². The largest absolute Gasteiger partial charge is 0.496 e. The van der Waals surface area contributed by atoms with E-state index in [2.05, 4.69) is 6.07 Å². The molecule has 138 valence electrons. The van der Waals surface area contributed by atoms with Gasteiger partial charge in [0, 0.05) is 5.56 Å². The minimum Gasteiger partial charge on any atom is -0.496 e. The minimum atomic E-state index is -0.135. The Labute approximate surface area is 160 Å². The van der Waals surface area contributed by atoms with Crippen LogP contribution in [0.5, 0.6) is 11.5 Å². The standard InChI is InChI=1S/C23H23NO3/c1-26-22-10-6-5-9-21(22)19(16-24)15-17-11-13-20(14-12-17)27-23(25)18-7-3-2-4-8-18/h5-6,9-15,18H,2-4,7-8H2,1H3/b19-15-. The third-order valence-electron chi connectivity index (χ3n) is 4.87. The molecule has 27 heavy (non-hydrogen) atoms. The van der Waals surface area contributed by atoms with Crippen LogP contribution >= 0.6 is 0 Å². The predicted molar refractivity (Wildman–Crippen MR) is 105 cm³/mol. The van der Waals surface area contributed by atoms with Crippen molar-refractivity contribution in [3.8, 4) is 17.6 Å². The quantitative estimate of drug-likeness (QED) is 0.316. The van der Waals surface area contributed by atoms with Gasteiger partial charge in [-0.25, -0.2) is 0 Å². The van der Waals surface area contributed by atoms with E-state index in [1.807, 2.05) is 36.4 Å². The van der Waals surface area contributed by atoms with Crippen molar-refractivity contribution in [2.75, 3.05) is 7.11 Å². The van der Waals surface area contributed by atoms with Crippen LogP contribution in [0.2, 0.25) is 0 Å². The average Bonchev–Trinajstić information content (AvgIpc) is 2.73. The van der Waals surface area contributed by atoms with Gasteiger partial charge in [0.1, 0.15) is 11.5 Å². The zero-order valence-corrected chi connectivity index (χ0v) is 15.5. The Balaban J connectivity index is 1.73. The first-order valence-corrected chi connectivity index (χ1v) is 9.28. The molecule has 0 amide bonds. The Hall–Kier alpha value is -3.06. The molecule has 1 saturated carbocycles. The van der Waals surface area contributed by atoms with Gasteiger partial charge in [0.15, 0.2) is 0 Å². The summed E-state index contributed by atoms with van der Waals surface area (Å²) in [6, 6.07) is 16.9. The molecular weight excluding hydrogens is 338 g/mol. The summed E-state index contributed by atoms with van der Waals surface area (Å²) < 4.78 is 10.9. The van der Waals surface area contributed by atoms with Gasteiger partial charge in [-0.05, 0) is 48.7 Å². The number of carbonyl (C=O) groups is 1. The predicted octanol–water partition coefficient (Wildman–Crippen LogP) is 5.25. The number of benzene rings is 2. The van der Waals surface area contributed by atoms with Gasteiger partial charge in [-0.15, -0.1) is 0 Å². The number of ether oxygens (including phenoxy) is 2. The number of rotatable bonds is 5. The summed E-state index contributed by atoms with van der Waals surface area (Å²) in [7, 11) is 1.59. The zero-order valence-electron chi connectivity index (χ0n) is 15.5. The molecule has 0 unspecified atom stereocenters. The van der Waals surface area contributed by atoms with Crippen LogP contribution in [0.25, 0.3) is 11.6 Å². The maximum Gasteiger partial charge on any atom is 0.314 e. The number of para-hydroxylation sites is 1. The van der Waals surface area contributed by atoms with E-state index in [-0.39, 0.29) is 11.9 Å². The lowest BCUT2D eigenvalue weighted by Gasteiger charge is -2.19. The van der Waals surface area contributed by atoms with E-state index in [1.165, 1.54) is 6.42 Å². The van der Waals surface area contributed by atoms with Gasteiger partial charge in [0.25, 0.3) is 0 Å². The number of carbonyl (C=O) groups excluding carboxylic acids is 1. The molecule has 0 heterocycles. The van der Waals surface area contributed by atoms with Crippen molar-refractivity contribution >= 4 is 17.6 Å². The molecule has 0 N–H and O–H groups in total. The molecule has 2 aromatic rings. The maximum atomic E-state index is 12.2. The van der Waals surface area contributed by atoms with Crippen LogP contribution in [-0.4, -0.2) is 13.1 Å². The van der Waals surface area contributed by atoms with Gasteiger partial charge >= 0.3 is 5.97 Å². The van der Waals surface area contributed by atoms with Crippen LogP contribution in [0.4, 0.5) is 0 Å². The second kappa shape index (κ2) is 9.05. The number of nitrogens with zero attached hydrogens (tertiary/aromatic N) is 1. The highest BCUT2D eigenvalue weighted by molar-refractivity contribution is 5.91. The first-order valence-electron chi connectivity index (χ1n) is 9.28. The second-order valence-electron chi connectivity index (χ2n) is 6.70. The third kappa shape index (κ3) is 4.77. The van der Waals surface area contributed by atoms with E-state index in [9.17, 15) is 10.1 Å². The van der Waals surface area contributed by atoms with Gasteiger partial charge in [0.05, 0.1) is 24.7 Å². The molecule has 2 aromatic carbocycles. The van der Waals surface area contributed by atoms with Crippen LogP contribution in [0.3, 0.4) is 0 Å². The molecule has 0 saturated heterocycles. The van der Waals surface area contributed by atoms with Crippen LogP contribution in [0.15, 0.2) is 48.5 Å². The smallest absolute Gasteiger partial charge is 0.314 e. The molecule has 1 aliphatic rings. The normalized spacial score (nSPS) is 15.0. The minimum absolute atomic E-state index is 0.0223. The number of hydrogen-bond acceptors (Lipinski definition) is 4. The van der Waals surface area contributed by atoms with Crippen molar-refractivity contribution in [1.82, 2.24) is 0 Å². The van der Waals surface area contributed by atoms with Crippen molar-refractivity contribution in [1.29, 1.82) is 5.26 Å². The molecule has 0 atom stereocenters. The summed E-state index contributed by atoms with van der Waals surface area (Å²) in [4.78, 5) is 12.2. The molecule has 3 rings (SSSR count). The Kier molecular flexibility index (Phi) is 6.27. The number of nitriles is 1. The summed E-state index contributed by atoms with van der Waals surface area (Å²) in [6.45, 7) is 0. The first-order chi connectivity index (χ1) is 13.2. The lowest BCUT2D eigenvalue weighted by atomic mass is 9.89. The van der Waals surface area contributed by atoms with Crippen molar-refractivity contribution in [3.63, 3.8) is 0 Å². The Morgan fingerprint density at radius 1 is 1.07 bits per heavy atom. The first kappa shape index (κ1) is 18.7. The molecule has 1 aliphatic carbocycles. The Bertz CT molecular complexity index is 856. The number of esters is 1. The average molecular weight is 361 g/mol. The fourth-order valence-corrected chi connectivity index (χ4v) is 3.37.